The number of ketones is 1. The minimum absolute atomic E-state index is 0.0856. The molecule has 94 valence electrons. The molecule has 1 saturated carbocycles. The first-order chi connectivity index (χ1) is 8.84. The number of hydrogen-bond acceptors (Lipinski definition) is 3. The largest absolute Gasteiger partial charge is 0.486 e. The maximum atomic E-state index is 12.3. The zero-order valence-electron chi connectivity index (χ0n) is 10.3. The highest BCUT2D eigenvalue weighted by Gasteiger charge is 2.40. The van der Waals surface area contributed by atoms with Gasteiger partial charge in [-0.05, 0) is 31.4 Å². The van der Waals surface area contributed by atoms with Crippen LogP contribution in [0.4, 0.5) is 0 Å². The molecule has 2 heterocycles. The molecule has 0 bridgehead atoms. The number of pyridine rings is 1. The van der Waals surface area contributed by atoms with Gasteiger partial charge in [0.05, 0.1) is 11.6 Å². The van der Waals surface area contributed by atoms with Crippen LogP contribution >= 0.6 is 0 Å². The number of hydrogen-bond donors (Lipinski definition) is 0. The van der Waals surface area contributed by atoms with Crippen molar-refractivity contribution in [3.8, 4) is 0 Å². The molecule has 1 aliphatic heterocycles. The Morgan fingerprint density at radius 2 is 2.11 bits per heavy atom. The maximum Gasteiger partial charge on any atom is 0.204 e. The minimum atomic E-state index is 0.0856. The lowest BCUT2D eigenvalue weighted by Gasteiger charge is -2.11. The molecule has 1 saturated heterocycles. The van der Waals surface area contributed by atoms with E-state index >= 15 is 0 Å². The molecule has 0 spiro atoms. The van der Waals surface area contributed by atoms with E-state index in [2.05, 4.69) is 4.98 Å². The first-order valence-electron chi connectivity index (χ1n) is 6.68. The van der Waals surface area contributed by atoms with Gasteiger partial charge in [-0.25, -0.2) is 0 Å². The molecule has 2 unspecified atom stereocenters. The van der Waals surface area contributed by atoms with Gasteiger partial charge in [-0.15, -0.1) is 0 Å². The zero-order chi connectivity index (χ0) is 12.4. The minimum Gasteiger partial charge on any atom is -0.486 e. The monoisotopic (exact) mass is 243 g/mol. The third-order valence-electron chi connectivity index (χ3n) is 3.78. The number of Topliss-reactive ketones (excluding diaryl/α,β-unsaturated/α-hetero) is 1. The van der Waals surface area contributed by atoms with E-state index in [4.69, 9.17) is 4.74 Å². The van der Waals surface area contributed by atoms with Gasteiger partial charge in [-0.3, -0.25) is 9.78 Å². The summed E-state index contributed by atoms with van der Waals surface area (Å²) >= 11 is 0. The number of ether oxygens (including phenoxy) is 1. The van der Waals surface area contributed by atoms with Crippen molar-refractivity contribution in [2.45, 2.75) is 38.2 Å². The highest BCUT2D eigenvalue weighted by atomic mass is 16.5. The highest BCUT2D eigenvalue weighted by molar-refractivity contribution is 6.01. The van der Waals surface area contributed by atoms with E-state index in [-0.39, 0.29) is 17.8 Å². The summed E-state index contributed by atoms with van der Waals surface area (Å²) in [6, 6.07) is 5.66. The summed E-state index contributed by atoms with van der Waals surface area (Å²) in [7, 11) is 0. The summed E-state index contributed by atoms with van der Waals surface area (Å²) < 4.78 is 5.83. The number of carbonyl (C=O) groups excluding carboxylic acids is 1. The molecule has 18 heavy (non-hydrogen) atoms. The standard InChI is InChI=1S/C15H17NO2/c17-15-12-7-2-1-3-8-13(12)18-14(15)10-11-6-4-5-9-16-11/h4-6,9-10,12-13H,1-3,7-8H2/b14-10-. The fourth-order valence-corrected chi connectivity index (χ4v) is 2.82. The normalized spacial score (nSPS) is 29.8. The van der Waals surface area contributed by atoms with Crippen LogP contribution in [-0.2, 0) is 9.53 Å². The van der Waals surface area contributed by atoms with Crippen LogP contribution in [0.1, 0.15) is 37.8 Å². The van der Waals surface area contributed by atoms with Crippen LogP contribution in [0.3, 0.4) is 0 Å². The van der Waals surface area contributed by atoms with Crippen molar-refractivity contribution in [3.05, 3.63) is 35.8 Å². The van der Waals surface area contributed by atoms with E-state index in [1.165, 1.54) is 12.8 Å². The summed E-state index contributed by atoms with van der Waals surface area (Å²) in [6.45, 7) is 0. The van der Waals surface area contributed by atoms with E-state index < -0.39 is 0 Å². The second kappa shape index (κ2) is 4.92. The molecule has 0 amide bonds. The first-order valence-corrected chi connectivity index (χ1v) is 6.68. The van der Waals surface area contributed by atoms with E-state index in [1.54, 1.807) is 12.3 Å². The van der Waals surface area contributed by atoms with Crippen LogP contribution in [0.5, 0.6) is 0 Å². The van der Waals surface area contributed by atoms with Gasteiger partial charge in [-0.1, -0.05) is 18.9 Å². The van der Waals surface area contributed by atoms with Crippen molar-refractivity contribution >= 4 is 11.9 Å². The molecular weight excluding hydrogens is 226 g/mol. The Morgan fingerprint density at radius 1 is 1.22 bits per heavy atom. The second-order valence-electron chi connectivity index (χ2n) is 5.03. The van der Waals surface area contributed by atoms with Gasteiger partial charge in [-0.2, -0.15) is 0 Å². The summed E-state index contributed by atoms with van der Waals surface area (Å²) in [5.41, 5.74) is 0.789. The third kappa shape index (κ3) is 2.17. The van der Waals surface area contributed by atoms with Gasteiger partial charge in [0.15, 0.2) is 5.76 Å². The Balaban J connectivity index is 1.83. The maximum absolute atomic E-state index is 12.3. The summed E-state index contributed by atoms with van der Waals surface area (Å²) in [5.74, 6) is 0.764. The van der Waals surface area contributed by atoms with Crippen molar-refractivity contribution < 1.29 is 9.53 Å². The number of carbonyl (C=O) groups is 1. The third-order valence-corrected chi connectivity index (χ3v) is 3.78. The fourth-order valence-electron chi connectivity index (χ4n) is 2.82. The van der Waals surface area contributed by atoms with Crippen LogP contribution in [0.25, 0.3) is 6.08 Å². The van der Waals surface area contributed by atoms with Crippen molar-refractivity contribution in [3.63, 3.8) is 0 Å². The van der Waals surface area contributed by atoms with E-state index in [0.717, 1.165) is 25.0 Å². The number of allylic oxidation sites excluding steroid dienone is 1. The van der Waals surface area contributed by atoms with Gasteiger partial charge in [0.1, 0.15) is 6.10 Å². The summed E-state index contributed by atoms with van der Waals surface area (Å²) in [5, 5.41) is 0. The molecule has 2 atom stereocenters. The molecule has 1 aromatic heterocycles. The van der Waals surface area contributed by atoms with Crippen molar-refractivity contribution in [2.75, 3.05) is 0 Å². The molecule has 3 nitrogen and oxygen atoms in total. The lowest BCUT2D eigenvalue weighted by atomic mass is 9.94. The average Bonchev–Trinajstić information content (AvgIpc) is 2.58. The molecule has 1 aromatic rings. The highest BCUT2D eigenvalue weighted by Crippen LogP contribution is 2.36. The molecule has 0 aromatic carbocycles. The lowest BCUT2D eigenvalue weighted by molar-refractivity contribution is -0.118. The molecule has 0 radical (unpaired) electrons. The van der Waals surface area contributed by atoms with Gasteiger partial charge in [0, 0.05) is 12.3 Å². The topological polar surface area (TPSA) is 39.2 Å². The average molecular weight is 243 g/mol. The van der Waals surface area contributed by atoms with Crippen LogP contribution < -0.4 is 0 Å². The molecule has 2 aliphatic rings. The molecule has 0 N–H and O–H groups in total. The molecule has 2 fully saturated rings. The Hall–Kier alpha value is -1.64. The van der Waals surface area contributed by atoms with E-state index in [0.29, 0.717) is 5.76 Å². The predicted molar refractivity (Wildman–Crippen MR) is 68.7 cm³/mol. The zero-order valence-corrected chi connectivity index (χ0v) is 10.3. The van der Waals surface area contributed by atoms with Crippen molar-refractivity contribution in [1.29, 1.82) is 0 Å². The summed E-state index contributed by atoms with van der Waals surface area (Å²) in [4.78, 5) is 16.5. The number of rotatable bonds is 1. The van der Waals surface area contributed by atoms with Crippen molar-refractivity contribution in [1.82, 2.24) is 4.98 Å². The van der Waals surface area contributed by atoms with Crippen LogP contribution in [0, 0.1) is 5.92 Å². The molecule has 3 rings (SSSR count). The quantitative estimate of drug-likeness (QED) is 0.712. The van der Waals surface area contributed by atoms with Gasteiger partial charge < -0.3 is 4.74 Å². The molecule has 1 aliphatic carbocycles. The fraction of sp³-hybridized carbons (Fsp3) is 0.467. The number of aromatic nitrogens is 1. The van der Waals surface area contributed by atoms with Crippen LogP contribution in [0.2, 0.25) is 0 Å². The lowest BCUT2D eigenvalue weighted by Crippen LogP contribution is -2.18. The SMILES string of the molecule is O=C1/C(=C/c2ccccn2)OC2CCCCCC12. The van der Waals surface area contributed by atoms with Gasteiger partial charge >= 0.3 is 0 Å². The predicted octanol–water partition coefficient (Wildman–Crippen LogP) is 2.97. The smallest absolute Gasteiger partial charge is 0.204 e. The number of nitrogens with zero attached hydrogens (tertiary/aromatic N) is 1. The first kappa shape index (κ1) is 11.5. The van der Waals surface area contributed by atoms with Crippen molar-refractivity contribution in [2.24, 2.45) is 5.92 Å². The van der Waals surface area contributed by atoms with Crippen LogP contribution in [-0.4, -0.2) is 16.9 Å². The molecular formula is C15H17NO2. The number of fused-ring (bicyclic) bond motifs is 1. The van der Waals surface area contributed by atoms with Gasteiger partial charge in [0.2, 0.25) is 5.78 Å². The Kier molecular flexibility index (Phi) is 3.13. The summed E-state index contributed by atoms with van der Waals surface area (Å²) in [6.07, 6.45) is 9.14. The van der Waals surface area contributed by atoms with E-state index in [1.807, 2.05) is 18.2 Å². The van der Waals surface area contributed by atoms with E-state index in [9.17, 15) is 4.79 Å². The Morgan fingerprint density at radius 3 is 2.94 bits per heavy atom. The van der Waals surface area contributed by atoms with Crippen LogP contribution in [0.15, 0.2) is 30.2 Å². The second-order valence-corrected chi connectivity index (χ2v) is 5.03. The Labute approximate surface area is 107 Å². The Bertz CT molecular complexity index is 467. The van der Waals surface area contributed by atoms with Gasteiger partial charge in [0.25, 0.3) is 0 Å². The molecule has 3 heteroatoms.